The van der Waals surface area contributed by atoms with Gasteiger partial charge in [-0.1, -0.05) is 11.8 Å². The maximum absolute atomic E-state index is 14.3. The Labute approximate surface area is 130 Å². The highest BCUT2D eigenvalue weighted by Crippen LogP contribution is 2.52. The maximum Gasteiger partial charge on any atom is 0.410 e. The Kier molecular flexibility index (Phi) is 3.72. The molecule has 3 rings (SSSR count). The van der Waals surface area contributed by atoms with Crippen LogP contribution in [0.4, 0.5) is 19.3 Å². The van der Waals surface area contributed by atoms with Gasteiger partial charge in [-0.2, -0.15) is 0 Å². The molecule has 0 spiro atoms. The van der Waals surface area contributed by atoms with Crippen molar-refractivity contribution >= 4 is 28.7 Å². The monoisotopic (exact) mass is 327 g/mol. The van der Waals surface area contributed by atoms with Gasteiger partial charge in [-0.05, 0) is 24.6 Å². The van der Waals surface area contributed by atoms with Crippen LogP contribution in [0.5, 0.6) is 0 Å². The van der Waals surface area contributed by atoms with Crippen molar-refractivity contribution in [2.24, 2.45) is 10.9 Å². The fourth-order valence-corrected chi connectivity index (χ4v) is 4.41. The number of nitrogens with one attached hydrogen (secondary N) is 1. The van der Waals surface area contributed by atoms with Crippen molar-refractivity contribution in [3.63, 3.8) is 0 Å². The van der Waals surface area contributed by atoms with Gasteiger partial charge in [0.05, 0.1) is 5.54 Å². The fraction of sp³-hybridized carbons (Fsp3) is 0.429. The smallest absolute Gasteiger partial charge is 0.410 e. The van der Waals surface area contributed by atoms with Crippen molar-refractivity contribution in [2.45, 2.75) is 24.6 Å². The summed E-state index contributed by atoms with van der Waals surface area (Å²) in [6.07, 6.45) is -2.03. The van der Waals surface area contributed by atoms with Crippen molar-refractivity contribution in [3.8, 4) is 0 Å². The molecule has 1 amide bonds. The van der Waals surface area contributed by atoms with Gasteiger partial charge in [0.15, 0.2) is 5.17 Å². The van der Waals surface area contributed by atoms with Crippen molar-refractivity contribution in [2.75, 3.05) is 11.5 Å². The molecule has 1 aliphatic carbocycles. The van der Waals surface area contributed by atoms with Crippen LogP contribution in [0.1, 0.15) is 18.4 Å². The predicted octanol–water partition coefficient (Wildman–Crippen LogP) is 2.72. The van der Waals surface area contributed by atoms with Gasteiger partial charge in [-0.3, -0.25) is 10.3 Å². The van der Waals surface area contributed by atoms with Gasteiger partial charge < -0.3 is 10.8 Å². The average molecular weight is 327 g/mol. The maximum atomic E-state index is 14.3. The molecule has 1 aliphatic heterocycles. The van der Waals surface area contributed by atoms with Crippen molar-refractivity contribution in [1.82, 2.24) is 5.32 Å². The van der Waals surface area contributed by atoms with E-state index in [1.165, 1.54) is 30.0 Å². The topological polar surface area (TPSA) is 87.7 Å². The number of amidine groups is 1. The van der Waals surface area contributed by atoms with Gasteiger partial charge in [-0.15, -0.1) is 0 Å². The van der Waals surface area contributed by atoms with Gasteiger partial charge in [0.2, 0.25) is 0 Å². The number of fused-ring (bicyclic) bond motifs is 1. The van der Waals surface area contributed by atoms with E-state index in [1.54, 1.807) is 0 Å². The second-order valence-corrected chi connectivity index (χ2v) is 6.56. The van der Waals surface area contributed by atoms with E-state index in [0.29, 0.717) is 11.4 Å². The molecule has 1 aromatic carbocycles. The summed E-state index contributed by atoms with van der Waals surface area (Å²) in [5, 5.41) is 11.2. The third-order valence-electron chi connectivity index (χ3n) is 4.14. The fourth-order valence-electron chi connectivity index (χ4n) is 3.25. The average Bonchev–Trinajstić information content (AvgIpc) is 2.77. The number of nitrogen functional groups attached to an aromatic ring is 1. The van der Waals surface area contributed by atoms with E-state index in [4.69, 9.17) is 10.8 Å². The summed E-state index contributed by atoms with van der Waals surface area (Å²) in [6.45, 7) is 0. The molecule has 0 radical (unpaired) electrons. The molecule has 0 unspecified atom stereocenters. The van der Waals surface area contributed by atoms with Crippen LogP contribution >= 0.6 is 11.8 Å². The number of carbonyl (C=O) groups is 1. The highest BCUT2D eigenvalue weighted by molar-refractivity contribution is 8.13. The van der Waals surface area contributed by atoms with E-state index in [1.807, 2.05) is 0 Å². The summed E-state index contributed by atoms with van der Waals surface area (Å²) in [7, 11) is 0. The Morgan fingerprint density at radius 3 is 3.05 bits per heavy atom. The van der Waals surface area contributed by atoms with Gasteiger partial charge >= 0.3 is 6.09 Å². The largest absolute Gasteiger partial charge is 0.465 e. The zero-order valence-electron chi connectivity index (χ0n) is 11.6. The second kappa shape index (κ2) is 5.42. The number of benzene rings is 1. The normalized spacial score (nSPS) is 30.5. The van der Waals surface area contributed by atoms with E-state index in [9.17, 15) is 13.6 Å². The zero-order valence-corrected chi connectivity index (χ0v) is 12.4. The summed E-state index contributed by atoms with van der Waals surface area (Å²) in [6, 6.07) is 4.14. The first-order chi connectivity index (χ1) is 10.4. The minimum atomic E-state index is -1.25. The van der Waals surface area contributed by atoms with Gasteiger partial charge in [0.25, 0.3) is 0 Å². The van der Waals surface area contributed by atoms with Crippen LogP contribution in [-0.2, 0) is 5.54 Å². The molecule has 3 atom stereocenters. The number of nitrogens with two attached hydrogens (primary N) is 1. The van der Waals surface area contributed by atoms with Gasteiger partial charge in [-0.25, -0.2) is 13.6 Å². The van der Waals surface area contributed by atoms with E-state index < -0.39 is 23.6 Å². The first-order valence-corrected chi connectivity index (χ1v) is 7.81. The zero-order chi connectivity index (χ0) is 15.9. The number of halogens is 2. The van der Waals surface area contributed by atoms with Gasteiger partial charge in [0.1, 0.15) is 12.0 Å². The number of amides is 1. The molecule has 0 aromatic heterocycles. The molecule has 0 saturated heterocycles. The number of anilines is 1. The van der Waals surface area contributed by atoms with Crippen LogP contribution in [0.15, 0.2) is 23.2 Å². The summed E-state index contributed by atoms with van der Waals surface area (Å²) in [4.78, 5) is 15.2. The molecule has 1 aromatic rings. The van der Waals surface area contributed by atoms with Crippen LogP contribution in [0.25, 0.3) is 0 Å². The predicted molar refractivity (Wildman–Crippen MR) is 81.2 cm³/mol. The van der Waals surface area contributed by atoms with Crippen molar-refractivity contribution < 1.29 is 18.7 Å². The molecule has 2 aliphatic rings. The number of thioether (sulfide) groups is 1. The molecule has 1 heterocycles. The summed E-state index contributed by atoms with van der Waals surface area (Å²) < 4.78 is 28.3. The summed E-state index contributed by atoms with van der Waals surface area (Å²) in [5.41, 5.74) is 5.25. The number of hydrogen-bond donors (Lipinski definition) is 3. The van der Waals surface area contributed by atoms with Crippen molar-refractivity contribution in [3.05, 3.63) is 29.6 Å². The van der Waals surface area contributed by atoms with E-state index in [-0.39, 0.29) is 29.5 Å². The number of alkyl halides is 1. The molecular formula is C14H15F2N3O2S. The number of carboxylic acid groups (broad SMARTS) is 1. The third kappa shape index (κ3) is 2.51. The molecule has 4 N–H and O–H groups in total. The Balaban J connectivity index is 2.11. The van der Waals surface area contributed by atoms with E-state index in [0.717, 1.165) is 0 Å². The number of aliphatic imine (C=N–C) groups is 1. The molecular weight excluding hydrogens is 312 g/mol. The lowest BCUT2D eigenvalue weighted by Gasteiger charge is -2.36. The van der Waals surface area contributed by atoms with Crippen LogP contribution in [0, 0.1) is 11.7 Å². The number of nitrogens with zero attached hydrogens (tertiary/aromatic N) is 1. The lowest BCUT2D eigenvalue weighted by molar-refractivity contribution is 0.200. The molecule has 5 nitrogen and oxygen atoms in total. The minimum Gasteiger partial charge on any atom is -0.465 e. The molecule has 0 bridgehead atoms. The quantitative estimate of drug-likeness (QED) is 0.692. The lowest BCUT2D eigenvalue weighted by atomic mass is 9.81. The molecule has 118 valence electrons. The first kappa shape index (κ1) is 15.1. The number of rotatable bonds is 1. The first-order valence-electron chi connectivity index (χ1n) is 6.83. The Bertz CT molecular complexity index is 655. The van der Waals surface area contributed by atoms with E-state index >= 15 is 0 Å². The highest BCUT2D eigenvalue weighted by Gasteiger charge is 2.52. The second-order valence-electron chi connectivity index (χ2n) is 5.56. The van der Waals surface area contributed by atoms with Crippen LogP contribution in [-0.4, -0.2) is 28.3 Å². The Hall–Kier alpha value is -1.83. The van der Waals surface area contributed by atoms with Crippen LogP contribution < -0.4 is 11.1 Å². The summed E-state index contributed by atoms with van der Waals surface area (Å²) >= 11 is 1.21. The minimum absolute atomic E-state index is 0.0311. The van der Waals surface area contributed by atoms with Crippen LogP contribution in [0.3, 0.4) is 0 Å². The van der Waals surface area contributed by atoms with Crippen LogP contribution in [0.2, 0.25) is 0 Å². The Morgan fingerprint density at radius 1 is 1.55 bits per heavy atom. The van der Waals surface area contributed by atoms with E-state index in [2.05, 4.69) is 10.3 Å². The molecule has 1 fully saturated rings. The molecule has 22 heavy (non-hydrogen) atoms. The van der Waals surface area contributed by atoms with Gasteiger partial charge in [0, 0.05) is 29.3 Å². The summed E-state index contributed by atoms with van der Waals surface area (Å²) in [5.74, 6) is -0.213. The third-order valence-corrected chi connectivity index (χ3v) is 5.18. The standard InChI is InChI=1S/C14H15F2N3O2S/c15-8-3-7-6-22-12(18-13(20)21)19-14(7,5-8)10-4-9(17)1-2-11(10)16/h1-2,4,7-8H,3,5-6,17H2,(H,18,19)(H,20,21)/t7-,8+,14-/m0/s1. The molecule has 1 saturated carbocycles. The van der Waals surface area contributed by atoms with Crippen molar-refractivity contribution in [1.29, 1.82) is 0 Å². The highest BCUT2D eigenvalue weighted by atomic mass is 32.2. The SMILES string of the molecule is Nc1ccc(F)c([C@]23C[C@H](F)C[C@H]2CSC(NC(=O)O)=N3)c1. The Morgan fingerprint density at radius 2 is 2.32 bits per heavy atom. The number of hydrogen-bond acceptors (Lipinski definition) is 4. The lowest BCUT2D eigenvalue weighted by Crippen LogP contribution is -2.40. The molecule has 8 heteroatoms.